The van der Waals surface area contributed by atoms with E-state index < -0.39 is 5.97 Å². The molecule has 1 heterocycles. The zero-order valence-electron chi connectivity index (χ0n) is 14.3. The summed E-state index contributed by atoms with van der Waals surface area (Å²) >= 11 is 1.38. The van der Waals surface area contributed by atoms with Crippen molar-refractivity contribution in [2.24, 2.45) is 0 Å². The Hall–Kier alpha value is -2.40. The van der Waals surface area contributed by atoms with Crippen molar-refractivity contribution in [3.05, 3.63) is 58.0 Å². The highest BCUT2D eigenvalue weighted by molar-refractivity contribution is 7.16. The topological polar surface area (TPSA) is 55.4 Å². The summed E-state index contributed by atoms with van der Waals surface area (Å²) in [5.41, 5.74) is 2.21. The molecular formula is C19H21NO3S. The minimum absolute atomic E-state index is 0.210. The van der Waals surface area contributed by atoms with Gasteiger partial charge >= 0.3 is 5.97 Å². The van der Waals surface area contributed by atoms with Crippen molar-refractivity contribution < 1.29 is 14.3 Å². The Labute approximate surface area is 146 Å². The lowest BCUT2D eigenvalue weighted by atomic mass is 10.1. The quantitative estimate of drug-likeness (QED) is 0.638. The molecule has 1 N–H and O–H groups in total. The van der Waals surface area contributed by atoms with Crippen LogP contribution < -0.4 is 5.32 Å². The summed E-state index contributed by atoms with van der Waals surface area (Å²) in [6.07, 6.45) is 2.98. The number of aryl methyl sites for hydroxylation is 1. The maximum absolute atomic E-state index is 12.3. The number of hydrogen-bond donors (Lipinski definition) is 1. The van der Waals surface area contributed by atoms with Gasteiger partial charge in [0.25, 0.3) is 0 Å². The van der Waals surface area contributed by atoms with Gasteiger partial charge in [-0.2, -0.15) is 0 Å². The van der Waals surface area contributed by atoms with Crippen LogP contribution in [0, 0.1) is 13.8 Å². The highest BCUT2D eigenvalue weighted by Gasteiger charge is 2.22. The Morgan fingerprint density at radius 3 is 2.46 bits per heavy atom. The lowest BCUT2D eigenvalue weighted by molar-refractivity contribution is -0.111. The average molecular weight is 343 g/mol. The van der Waals surface area contributed by atoms with E-state index in [0.717, 1.165) is 16.0 Å². The fourth-order valence-electron chi connectivity index (χ4n) is 2.12. The number of esters is 1. The summed E-state index contributed by atoms with van der Waals surface area (Å²) in [5, 5.41) is 3.31. The highest BCUT2D eigenvalue weighted by Crippen LogP contribution is 2.33. The molecular weight excluding hydrogens is 322 g/mol. The number of ether oxygens (including phenoxy) is 1. The van der Waals surface area contributed by atoms with Gasteiger partial charge in [-0.25, -0.2) is 4.79 Å². The second-order valence-corrected chi connectivity index (χ2v) is 6.90. The van der Waals surface area contributed by atoms with Crippen molar-refractivity contribution >= 4 is 34.3 Å². The number of hydrogen-bond acceptors (Lipinski definition) is 4. The third-order valence-electron chi connectivity index (χ3n) is 3.40. The molecule has 24 heavy (non-hydrogen) atoms. The molecule has 0 unspecified atom stereocenters. The van der Waals surface area contributed by atoms with Gasteiger partial charge in [0.2, 0.25) is 5.91 Å². The van der Waals surface area contributed by atoms with Crippen LogP contribution in [-0.4, -0.2) is 18.0 Å². The highest BCUT2D eigenvalue weighted by atomic mass is 32.1. The van der Waals surface area contributed by atoms with E-state index in [0.29, 0.717) is 10.6 Å². The van der Waals surface area contributed by atoms with Gasteiger partial charge in [0, 0.05) is 11.0 Å². The standard InChI is InChI=1S/C19H21NO3S/c1-12(2)23-19(22)17-13(3)14(4)24-18(17)20-16(21)11-10-15-8-6-5-7-9-15/h5-12H,1-4H3,(H,20,21). The number of rotatable bonds is 5. The maximum atomic E-state index is 12.3. The first kappa shape index (κ1) is 17.9. The fourth-order valence-corrected chi connectivity index (χ4v) is 3.17. The fraction of sp³-hybridized carbons (Fsp3) is 0.263. The van der Waals surface area contributed by atoms with Crippen LogP contribution in [0.4, 0.5) is 5.00 Å². The van der Waals surface area contributed by atoms with Gasteiger partial charge < -0.3 is 10.1 Å². The van der Waals surface area contributed by atoms with E-state index in [1.54, 1.807) is 19.9 Å². The average Bonchev–Trinajstić information content (AvgIpc) is 2.80. The second-order valence-electron chi connectivity index (χ2n) is 5.67. The molecule has 0 saturated heterocycles. The van der Waals surface area contributed by atoms with E-state index in [4.69, 9.17) is 4.74 Å². The van der Waals surface area contributed by atoms with Crippen molar-refractivity contribution in [1.29, 1.82) is 0 Å². The Morgan fingerprint density at radius 1 is 1.17 bits per heavy atom. The Morgan fingerprint density at radius 2 is 1.83 bits per heavy atom. The summed E-state index contributed by atoms with van der Waals surface area (Å²) in [4.78, 5) is 25.4. The monoisotopic (exact) mass is 343 g/mol. The number of benzene rings is 1. The van der Waals surface area contributed by atoms with Crippen LogP contribution in [0.15, 0.2) is 36.4 Å². The lowest BCUT2D eigenvalue weighted by Gasteiger charge is -2.09. The molecule has 2 rings (SSSR count). The molecule has 0 spiro atoms. The van der Waals surface area contributed by atoms with Crippen LogP contribution in [-0.2, 0) is 9.53 Å². The number of carbonyl (C=O) groups excluding carboxylic acids is 2. The van der Waals surface area contributed by atoms with Gasteiger partial charge in [-0.1, -0.05) is 30.3 Å². The summed E-state index contributed by atoms with van der Waals surface area (Å²) in [6.45, 7) is 7.38. The molecule has 126 valence electrons. The molecule has 0 aliphatic heterocycles. The Kier molecular flexibility index (Phi) is 5.93. The molecule has 4 nitrogen and oxygen atoms in total. The smallest absolute Gasteiger partial charge is 0.341 e. The van der Waals surface area contributed by atoms with Gasteiger partial charge in [-0.15, -0.1) is 11.3 Å². The van der Waals surface area contributed by atoms with E-state index >= 15 is 0 Å². The lowest BCUT2D eigenvalue weighted by Crippen LogP contribution is -2.15. The zero-order chi connectivity index (χ0) is 17.7. The van der Waals surface area contributed by atoms with E-state index in [9.17, 15) is 9.59 Å². The molecule has 0 aliphatic carbocycles. The first-order chi connectivity index (χ1) is 11.4. The van der Waals surface area contributed by atoms with Crippen LogP contribution in [0.1, 0.15) is 40.2 Å². The number of thiophene rings is 1. The van der Waals surface area contributed by atoms with Crippen molar-refractivity contribution in [2.45, 2.75) is 33.8 Å². The third-order valence-corrected chi connectivity index (χ3v) is 4.52. The van der Waals surface area contributed by atoms with Crippen LogP contribution >= 0.6 is 11.3 Å². The number of anilines is 1. The van der Waals surface area contributed by atoms with E-state index in [2.05, 4.69) is 5.32 Å². The molecule has 0 bridgehead atoms. The van der Waals surface area contributed by atoms with Crippen LogP contribution in [0.25, 0.3) is 6.08 Å². The molecule has 0 atom stereocenters. The van der Waals surface area contributed by atoms with Crippen molar-refractivity contribution in [3.8, 4) is 0 Å². The van der Waals surface area contributed by atoms with E-state index in [-0.39, 0.29) is 12.0 Å². The SMILES string of the molecule is Cc1sc(NC(=O)C=Cc2ccccc2)c(C(=O)OC(C)C)c1C. The van der Waals surface area contributed by atoms with Gasteiger partial charge in [-0.3, -0.25) is 4.79 Å². The van der Waals surface area contributed by atoms with Crippen LogP contribution in [0.2, 0.25) is 0 Å². The molecule has 0 fully saturated rings. The van der Waals surface area contributed by atoms with Crippen molar-refractivity contribution in [1.82, 2.24) is 0 Å². The van der Waals surface area contributed by atoms with Gasteiger partial charge in [-0.05, 0) is 44.9 Å². The zero-order valence-corrected chi connectivity index (χ0v) is 15.1. The first-order valence-electron chi connectivity index (χ1n) is 7.73. The van der Waals surface area contributed by atoms with E-state index in [1.165, 1.54) is 17.4 Å². The van der Waals surface area contributed by atoms with E-state index in [1.807, 2.05) is 44.2 Å². The number of nitrogens with one attached hydrogen (secondary N) is 1. The summed E-state index contributed by atoms with van der Waals surface area (Å²) < 4.78 is 5.28. The Balaban J connectivity index is 2.17. The van der Waals surface area contributed by atoms with Crippen LogP contribution in [0.3, 0.4) is 0 Å². The van der Waals surface area contributed by atoms with Crippen molar-refractivity contribution in [2.75, 3.05) is 5.32 Å². The second kappa shape index (κ2) is 7.93. The summed E-state index contributed by atoms with van der Waals surface area (Å²) in [7, 11) is 0. The Bertz CT molecular complexity index is 760. The number of carbonyl (C=O) groups is 2. The first-order valence-corrected chi connectivity index (χ1v) is 8.55. The largest absolute Gasteiger partial charge is 0.459 e. The van der Waals surface area contributed by atoms with Crippen LogP contribution in [0.5, 0.6) is 0 Å². The normalized spacial score (nSPS) is 11.0. The third kappa shape index (κ3) is 4.55. The molecule has 0 radical (unpaired) electrons. The maximum Gasteiger partial charge on any atom is 0.341 e. The molecule has 5 heteroatoms. The molecule has 2 aromatic rings. The van der Waals surface area contributed by atoms with Gasteiger partial charge in [0.05, 0.1) is 11.7 Å². The summed E-state index contributed by atoms with van der Waals surface area (Å²) in [6, 6.07) is 9.55. The molecule has 0 aliphatic rings. The van der Waals surface area contributed by atoms with Gasteiger partial charge in [0.1, 0.15) is 5.00 Å². The predicted octanol–water partition coefficient (Wildman–Crippen LogP) is 4.58. The molecule has 0 saturated carbocycles. The van der Waals surface area contributed by atoms with Gasteiger partial charge in [0.15, 0.2) is 0 Å². The molecule has 1 aromatic carbocycles. The minimum atomic E-state index is -0.408. The molecule has 1 aromatic heterocycles. The molecule has 1 amide bonds. The number of amides is 1. The minimum Gasteiger partial charge on any atom is -0.459 e. The predicted molar refractivity (Wildman–Crippen MR) is 98.5 cm³/mol. The van der Waals surface area contributed by atoms with Crippen molar-refractivity contribution in [3.63, 3.8) is 0 Å². The summed E-state index contributed by atoms with van der Waals surface area (Å²) in [5.74, 6) is -0.687.